The number of carbonyl (C=O) groups is 1. The lowest BCUT2D eigenvalue weighted by molar-refractivity contribution is 0.0730. The highest BCUT2D eigenvalue weighted by atomic mass is 35.5. The number of rotatable bonds is 2. The zero-order valence-electron chi connectivity index (χ0n) is 8.01. The molecule has 1 aromatic carbocycles. The molecule has 0 amide bonds. The Morgan fingerprint density at radius 2 is 2.31 bits per heavy atom. The van der Waals surface area contributed by atoms with Gasteiger partial charge in [-0.2, -0.15) is 0 Å². The van der Waals surface area contributed by atoms with Gasteiger partial charge in [-0.15, -0.1) is 11.3 Å². The lowest BCUT2D eigenvalue weighted by atomic mass is 10.3. The summed E-state index contributed by atoms with van der Waals surface area (Å²) < 4.78 is 5.06. The molecule has 0 atom stereocenters. The van der Waals surface area contributed by atoms with Crippen molar-refractivity contribution in [3.05, 3.63) is 40.5 Å². The Hall–Kier alpha value is -1.59. The Morgan fingerprint density at radius 3 is 2.94 bits per heavy atom. The molecule has 4 nitrogen and oxygen atoms in total. The molecule has 0 radical (unpaired) electrons. The number of halogens is 1. The van der Waals surface area contributed by atoms with Crippen molar-refractivity contribution in [3.8, 4) is 5.75 Å². The van der Waals surface area contributed by atoms with E-state index in [4.69, 9.17) is 22.1 Å². The minimum atomic E-state index is -0.582. The summed E-state index contributed by atoms with van der Waals surface area (Å²) in [5.74, 6) is -0.217. The van der Waals surface area contributed by atoms with Crippen LogP contribution < -0.4 is 10.5 Å². The van der Waals surface area contributed by atoms with Gasteiger partial charge in [-0.25, -0.2) is 9.78 Å². The van der Waals surface area contributed by atoms with Gasteiger partial charge in [-0.1, -0.05) is 17.7 Å². The quantitative estimate of drug-likeness (QED) is 0.661. The van der Waals surface area contributed by atoms with E-state index >= 15 is 0 Å². The second-order valence-corrected chi connectivity index (χ2v) is 4.23. The molecule has 0 saturated carbocycles. The molecule has 0 aliphatic heterocycles. The summed E-state index contributed by atoms with van der Waals surface area (Å²) in [6.07, 6.45) is 0. The van der Waals surface area contributed by atoms with Gasteiger partial charge in [-0.05, 0) is 18.2 Å². The zero-order valence-corrected chi connectivity index (χ0v) is 9.59. The van der Waals surface area contributed by atoms with E-state index in [2.05, 4.69) is 4.98 Å². The molecule has 2 N–H and O–H groups in total. The van der Waals surface area contributed by atoms with Gasteiger partial charge in [-0.3, -0.25) is 0 Å². The highest BCUT2D eigenvalue weighted by Crippen LogP contribution is 2.21. The van der Waals surface area contributed by atoms with Crippen molar-refractivity contribution in [1.29, 1.82) is 0 Å². The van der Waals surface area contributed by atoms with Crippen LogP contribution in [-0.2, 0) is 0 Å². The minimum Gasteiger partial charge on any atom is -0.422 e. The summed E-state index contributed by atoms with van der Waals surface area (Å²) in [5, 5.41) is 0.837. The Kier molecular flexibility index (Phi) is 3.07. The fourth-order valence-electron chi connectivity index (χ4n) is 1.09. The third kappa shape index (κ3) is 2.32. The molecule has 1 aromatic heterocycles. The van der Waals surface area contributed by atoms with Crippen LogP contribution >= 0.6 is 22.9 Å². The maximum atomic E-state index is 11.6. The maximum absolute atomic E-state index is 11.6. The number of nitrogen functional groups attached to an aromatic ring is 1. The molecule has 0 aliphatic rings. The molecule has 0 unspecified atom stereocenters. The molecule has 16 heavy (non-hydrogen) atoms. The maximum Gasteiger partial charge on any atom is 0.365 e. The summed E-state index contributed by atoms with van der Waals surface area (Å²) in [6.45, 7) is 0. The molecule has 82 valence electrons. The number of hydrogen-bond acceptors (Lipinski definition) is 5. The molecule has 2 rings (SSSR count). The molecule has 0 fully saturated rings. The van der Waals surface area contributed by atoms with Crippen molar-refractivity contribution in [2.75, 3.05) is 5.73 Å². The summed E-state index contributed by atoms with van der Waals surface area (Å²) in [7, 11) is 0. The smallest absolute Gasteiger partial charge is 0.365 e. The number of ether oxygens (including phenoxy) is 1. The van der Waals surface area contributed by atoms with Crippen molar-refractivity contribution < 1.29 is 9.53 Å². The van der Waals surface area contributed by atoms with Crippen LogP contribution in [0.4, 0.5) is 5.00 Å². The normalized spacial score (nSPS) is 10.1. The third-order valence-corrected chi connectivity index (χ3v) is 2.69. The fraction of sp³-hybridized carbons (Fsp3) is 0. The first-order chi connectivity index (χ1) is 7.66. The van der Waals surface area contributed by atoms with Crippen molar-refractivity contribution in [2.45, 2.75) is 0 Å². The van der Waals surface area contributed by atoms with Crippen molar-refractivity contribution >= 4 is 33.9 Å². The van der Waals surface area contributed by atoms with E-state index in [-0.39, 0.29) is 5.69 Å². The number of nitrogens with zero attached hydrogens (tertiary/aromatic N) is 1. The molecule has 0 saturated heterocycles. The second-order valence-electron chi connectivity index (χ2n) is 2.91. The second kappa shape index (κ2) is 4.51. The first-order valence-electron chi connectivity index (χ1n) is 4.33. The number of esters is 1. The number of anilines is 1. The van der Waals surface area contributed by atoms with E-state index in [1.54, 1.807) is 24.3 Å². The predicted octanol–water partition coefficient (Wildman–Crippen LogP) is 2.60. The monoisotopic (exact) mass is 254 g/mol. The van der Waals surface area contributed by atoms with Gasteiger partial charge in [0, 0.05) is 5.02 Å². The van der Waals surface area contributed by atoms with Gasteiger partial charge in [0.2, 0.25) is 0 Å². The van der Waals surface area contributed by atoms with Gasteiger partial charge in [0.15, 0.2) is 5.69 Å². The lowest BCUT2D eigenvalue weighted by Gasteiger charge is -2.02. The minimum absolute atomic E-state index is 0.130. The van der Waals surface area contributed by atoms with Crippen molar-refractivity contribution in [3.63, 3.8) is 0 Å². The van der Waals surface area contributed by atoms with E-state index in [0.29, 0.717) is 15.8 Å². The van der Waals surface area contributed by atoms with Gasteiger partial charge < -0.3 is 10.5 Å². The molecular weight excluding hydrogens is 248 g/mol. The zero-order chi connectivity index (χ0) is 11.5. The highest BCUT2D eigenvalue weighted by Gasteiger charge is 2.15. The Bertz CT molecular complexity index is 527. The first-order valence-corrected chi connectivity index (χ1v) is 5.59. The SMILES string of the molecule is Nc1scnc1C(=O)Oc1cccc(Cl)c1. The largest absolute Gasteiger partial charge is 0.422 e. The summed E-state index contributed by atoms with van der Waals surface area (Å²) >= 11 is 6.94. The lowest BCUT2D eigenvalue weighted by Crippen LogP contribution is -2.10. The molecule has 2 aromatic rings. The summed E-state index contributed by atoms with van der Waals surface area (Å²) in [4.78, 5) is 15.4. The van der Waals surface area contributed by atoms with E-state index in [9.17, 15) is 4.79 Å². The van der Waals surface area contributed by atoms with Crippen LogP contribution in [0.15, 0.2) is 29.8 Å². The van der Waals surface area contributed by atoms with Gasteiger partial charge in [0.05, 0.1) is 5.51 Å². The van der Waals surface area contributed by atoms with Crippen LogP contribution in [-0.4, -0.2) is 11.0 Å². The Morgan fingerprint density at radius 1 is 1.50 bits per heavy atom. The van der Waals surface area contributed by atoms with Crippen LogP contribution in [0.25, 0.3) is 0 Å². The molecule has 0 spiro atoms. The van der Waals surface area contributed by atoms with E-state index in [1.807, 2.05) is 0 Å². The van der Waals surface area contributed by atoms with E-state index in [1.165, 1.54) is 16.8 Å². The third-order valence-electron chi connectivity index (χ3n) is 1.79. The van der Waals surface area contributed by atoms with E-state index in [0.717, 1.165) is 0 Å². The average molecular weight is 255 g/mol. The number of carbonyl (C=O) groups excluding carboxylic acids is 1. The Labute approximate surface area is 101 Å². The van der Waals surface area contributed by atoms with Crippen LogP contribution in [0.3, 0.4) is 0 Å². The number of benzene rings is 1. The van der Waals surface area contributed by atoms with Crippen LogP contribution in [0.1, 0.15) is 10.5 Å². The average Bonchev–Trinajstić information content (AvgIpc) is 2.64. The topological polar surface area (TPSA) is 65.2 Å². The Balaban J connectivity index is 2.17. The van der Waals surface area contributed by atoms with Crippen LogP contribution in [0.5, 0.6) is 5.75 Å². The van der Waals surface area contributed by atoms with Gasteiger partial charge >= 0.3 is 5.97 Å². The van der Waals surface area contributed by atoms with Crippen LogP contribution in [0, 0.1) is 0 Å². The summed E-state index contributed by atoms with van der Waals surface area (Å²) in [6, 6.07) is 6.56. The van der Waals surface area contributed by atoms with Crippen molar-refractivity contribution in [1.82, 2.24) is 4.98 Å². The molecule has 0 bridgehead atoms. The van der Waals surface area contributed by atoms with Crippen LogP contribution in [0.2, 0.25) is 5.02 Å². The molecular formula is C10H7ClN2O2S. The number of hydrogen-bond donors (Lipinski definition) is 1. The summed E-state index contributed by atoms with van der Waals surface area (Å²) in [5.41, 5.74) is 7.17. The van der Waals surface area contributed by atoms with Crippen molar-refractivity contribution in [2.24, 2.45) is 0 Å². The number of thiazole rings is 1. The van der Waals surface area contributed by atoms with Gasteiger partial charge in [0.25, 0.3) is 0 Å². The molecule has 6 heteroatoms. The highest BCUT2D eigenvalue weighted by molar-refractivity contribution is 7.14. The molecule has 1 heterocycles. The van der Waals surface area contributed by atoms with Gasteiger partial charge in [0.1, 0.15) is 10.8 Å². The molecule has 0 aliphatic carbocycles. The first kappa shape index (κ1) is 10.9. The number of aromatic nitrogens is 1. The van der Waals surface area contributed by atoms with E-state index < -0.39 is 5.97 Å². The fourth-order valence-corrected chi connectivity index (χ4v) is 1.79. The standard InChI is InChI=1S/C10H7ClN2O2S/c11-6-2-1-3-7(4-6)15-10(14)8-9(12)16-5-13-8/h1-5H,12H2. The number of nitrogens with two attached hydrogens (primary N) is 1. The predicted molar refractivity (Wildman–Crippen MR) is 62.9 cm³/mol.